The molecule has 0 unspecified atom stereocenters. The molecule has 0 radical (unpaired) electrons. The van der Waals surface area contributed by atoms with Gasteiger partial charge in [-0.05, 0) is 36.4 Å². The van der Waals surface area contributed by atoms with Crippen molar-refractivity contribution in [3.05, 3.63) is 72.6 Å². The van der Waals surface area contributed by atoms with E-state index >= 15 is 0 Å². The third kappa shape index (κ3) is 5.62. The van der Waals surface area contributed by atoms with Gasteiger partial charge in [-0.1, -0.05) is 12.1 Å². The molecule has 2 heterocycles. The van der Waals surface area contributed by atoms with E-state index in [4.69, 9.17) is 14.7 Å². The van der Waals surface area contributed by atoms with Crippen molar-refractivity contribution < 1.29 is 9.47 Å². The lowest BCUT2D eigenvalue weighted by Gasteiger charge is -2.12. The highest BCUT2D eigenvalue weighted by Gasteiger charge is 2.10. The lowest BCUT2D eigenvalue weighted by atomic mass is 10.3. The fourth-order valence-electron chi connectivity index (χ4n) is 2.87. The SMILES string of the molecule is COc1cccc(Nc2nc(Nc3ccc(C#N)nc3)nc(Nc3cccc(OC)c3)n2)c1. The van der Waals surface area contributed by atoms with E-state index in [0.29, 0.717) is 34.8 Å². The van der Waals surface area contributed by atoms with E-state index < -0.39 is 0 Å². The van der Waals surface area contributed by atoms with Gasteiger partial charge in [0.05, 0.1) is 26.1 Å². The van der Waals surface area contributed by atoms with E-state index in [1.54, 1.807) is 26.4 Å². The molecule has 2 aromatic heterocycles. The van der Waals surface area contributed by atoms with Crippen molar-refractivity contribution in [1.29, 1.82) is 5.26 Å². The topological polar surface area (TPSA) is 130 Å². The van der Waals surface area contributed by atoms with E-state index in [9.17, 15) is 0 Å². The summed E-state index contributed by atoms with van der Waals surface area (Å²) in [6.07, 6.45) is 1.53. The molecule has 0 bridgehead atoms. The lowest BCUT2D eigenvalue weighted by Crippen LogP contribution is -2.07. The highest BCUT2D eigenvalue weighted by molar-refractivity contribution is 5.63. The van der Waals surface area contributed by atoms with Crippen molar-refractivity contribution in [3.8, 4) is 17.6 Å². The van der Waals surface area contributed by atoms with Gasteiger partial charge in [-0.15, -0.1) is 0 Å². The molecule has 164 valence electrons. The number of nitrogens with one attached hydrogen (secondary N) is 3. The molecule has 10 heteroatoms. The molecular weight excluding hydrogens is 420 g/mol. The summed E-state index contributed by atoms with van der Waals surface area (Å²) in [7, 11) is 3.21. The second-order valence-electron chi connectivity index (χ2n) is 6.69. The zero-order valence-electron chi connectivity index (χ0n) is 17.9. The van der Waals surface area contributed by atoms with Crippen LogP contribution in [0.2, 0.25) is 0 Å². The molecule has 0 saturated heterocycles. The summed E-state index contributed by atoms with van der Waals surface area (Å²) in [6.45, 7) is 0. The maximum atomic E-state index is 8.95. The Morgan fingerprint density at radius 3 is 1.64 bits per heavy atom. The standard InChI is InChI=1S/C23H20N8O2/c1-32-19-7-3-5-15(11-19)26-21-29-22(27-16-6-4-8-20(12-16)33-2)31-23(30-21)28-18-10-9-17(13-24)25-14-18/h3-12,14H,1-2H3,(H3,26,27,28,29,30,31). The van der Waals surface area contributed by atoms with Crippen LogP contribution in [-0.2, 0) is 0 Å². The first-order valence-electron chi connectivity index (χ1n) is 9.86. The lowest BCUT2D eigenvalue weighted by molar-refractivity contribution is 0.415. The fourth-order valence-corrected chi connectivity index (χ4v) is 2.87. The molecule has 0 fully saturated rings. The van der Waals surface area contributed by atoms with E-state index in [0.717, 1.165) is 11.4 Å². The van der Waals surface area contributed by atoms with Crippen molar-refractivity contribution in [2.45, 2.75) is 0 Å². The van der Waals surface area contributed by atoms with Crippen LogP contribution in [0.1, 0.15) is 5.69 Å². The molecule has 0 saturated carbocycles. The van der Waals surface area contributed by atoms with Gasteiger partial charge in [0.25, 0.3) is 0 Å². The van der Waals surface area contributed by atoms with Gasteiger partial charge in [-0.25, -0.2) is 4.98 Å². The van der Waals surface area contributed by atoms with Crippen LogP contribution in [0.4, 0.5) is 34.9 Å². The zero-order chi connectivity index (χ0) is 23.0. The van der Waals surface area contributed by atoms with Crippen LogP contribution in [0.5, 0.6) is 11.5 Å². The molecule has 2 aromatic carbocycles. The summed E-state index contributed by atoms with van der Waals surface area (Å²) in [5, 5.41) is 18.4. The first-order chi connectivity index (χ1) is 16.1. The second kappa shape index (κ2) is 9.93. The Balaban J connectivity index is 1.65. The average molecular weight is 440 g/mol. The molecule has 0 amide bonds. The predicted molar refractivity (Wildman–Crippen MR) is 125 cm³/mol. The van der Waals surface area contributed by atoms with Crippen molar-refractivity contribution in [1.82, 2.24) is 19.9 Å². The molecule has 3 N–H and O–H groups in total. The highest BCUT2D eigenvalue weighted by atomic mass is 16.5. The number of anilines is 6. The molecule has 0 aliphatic heterocycles. The minimum atomic E-state index is 0.285. The van der Waals surface area contributed by atoms with Crippen molar-refractivity contribution in [2.75, 3.05) is 30.2 Å². The van der Waals surface area contributed by atoms with Gasteiger partial charge < -0.3 is 25.4 Å². The van der Waals surface area contributed by atoms with Gasteiger partial charge in [0.2, 0.25) is 17.8 Å². The summed E-state index contributed by atoms with van der Waals surface area (Å²) in [6, 6.07) is 20.1. The van der Waals surface area contributed by atoms with Gasteiger partial charge in [-0.2, -0.15) is 20.2 Å². The number of hydrogen-bond acceptors (Lipinski definition) is 10. The third-order valence-corrected chi connectivity index (χ3v) is 4.42. The molecule has 0 aliphatic carbocycles. The fraction of sp³-hybridized carbons (Fsp3) is 0.0870. The van der Waals surface area contributed by atoms with Gasteiger partial charge >= 0.3 is 0 Å². The summed E-state index contributed by atoms with van der Waals surface area (Å²) in [5.74, 6) is 2.31. The normalized spacial score (nSPS) is 10.1. The maximum absolute atomic E-state index is 8.95. The molecular formula is C23H20N8O2. The van der Waals surface area contributed by atoms with Crippen LogP contribution < -0.4 is 25.4 Å². The van der Waals surface area contributed by atoms with E-state index in [1.807, 2.05) is 54.6 Å². The Labute approximate surface area is 190 Å². The molecule has 0 atom stereocenters. The van der Waals surface area contributed by atoms with Crippen LogP contribution in [0.25, 0.3) is 0 Å². The number of methoxy groups -OCH3 is 2. The summed E-state index contributed by atoms with van der Waals surface area (Å²) >= 11 is 0. The first kappa shape index (κ1) is 21.3. The number of aromatic nitrogens is 4. The molecule has 33 heavy (non-hydrogen) atoms. The van der Waals surface area contributed by atoms with Gasteiger partial charge in [0, 0.05) is 23.5 Å². The van der Waals surface area contributed by atoms with Crippen molar-refractivity contribution >= 4 is 34.9 Å². The average Bonchev–Trinajstić information content (AvgIpc) is 2.84. The molecule has 4 rings (SSSR count). The molecule has 0 aliphatic rings. The number of ether oxygens (including phenoxy) is 2. The number of nitriles is 1. The van der Waals surface area contributed by atoms with Gasteiger partial charge in [0.15, 0.2) is 0 Å². The van der Waals surface area contributed by atoms with Crippen LogP contribution in [0.3, 0.4) is 0 Å². The monoisotopic (exact) mass is 440 g/mol. The van der Waals surface area contributed by atoms with Crippen LogP contribution >= 0.6 is 0 Å². The second-order valence-corrected chi connectivity index (χ2v) is 6.69. The Kier molecular flexibility index (Phi) is 6.42. The zero-order valence-corrected chi connectivity index (χ0v) is 17.9. The largest absolute Gasteiger partial charge is 0.497 e. The quantitative estimate of drug-likeness (QED) is 0.363. The number of benzene rings is 2. The third-order valence-electron chi connectivity index (χ3n) is 4.42. The van der Waals surface area contributed by atoms with Gasteiger partial charge in [-0.3, -0.25) is 0 Å². The number of hydrogen-bond donors (Lipinski definition) is 3. The minimum absolute atomic E-state index is 0.285. The smallest absolute Gasteiger partial charge is 0.233 e. The van der Waals surface area contributed by atoms with Crippen LogP contribution in [0.15, 0.2) is 66.9 Å². The Hall–Kier alpha value is -4.91. The van der Waals surface area contributed by atoms with E-state index in [2.05, 4.69) is 35.9 Å². The Morgan fingerprint density at radius 2 is 1.21 bits per heavy atom. The summed E-state index contributed by atoms with van der Waals surface area (Å²) in [4.78, 5) is 17.4. The Morgan fingerprint density at radius 1 is 0.697 bits per heavy atom. The van der Waals surface area contributed by atoms with Gasteiger partial charge in [0.1, 0.15) is 23.3 Å². The van der Waals surface area contributed by atoms with Crippen LogP contribution in [-0.4, -0.2) is 34.2 Å². The summed E-state index contributed by atoms with van der Waals surface area (Å²) in [5.41, 5.74) is 2.44. The minimum Gasteiger partial charge on any atom is -0.497 e. The van der Waals surface area contributed by atoms with E-state index in [1.165, 1.54) is 6.20 Å². The molecule has 10 nitrogen and oxygen atoms in total. The number of nitrogens with zero attached hydrogens (tertiary/aromatic N) is 5. The number of rotatable bonds is 8. The molecule has 4 aromatic rings. The first-order valence-corrected chi connectivity index (χ1v) is 9.86. The summed E-state index contributed by atoms with van der Waals surface area (Å²) < 4.78 is 10.6. The molecule has 0 spiro atoms. The van der Waals surface area contributed by atoms with Crippen LogP contribution in [0, 0.1) is 11.3 Å². The van der Waals surface area contributed by atoms with Crippen molar-refractivity contribution in [3.63, 3.8) is 0 Å². The number of pyridine rings is 1. The predicted octanol–water partition coefficient (Wildman–Crippen LogP) is 4.39. The maximum Gasteiger partial charge on any atom is 0.233 e. The van der Waals surface area contributed by atoms with E-state index in [-0.39, 0.29) is 5.95 Å². The Bertz CT molecular complexity index is 1220. The van der Waals surface area contributed by atoms with Crippen molar-refractivity contribution in [2.24, 2.45) is 0 Å². The highest BCUT2D eigenvalue weighted by Crippen LogP contribution is 2.24.